The Morgan fingerprint density at radius 3 is 2.71 bits per heavy atom. The molecule has 2 aromatic rings. The summed E-state index contributed by atoms with van der Waals surface area (Å²) in [5.74, 6) is -1.22. The molecule has 5 nitrogen and oxygen atoms in total. The topological polar surface area (TPSA) is 89.3 Å². The number of primary amides is 1. The molecule has 0 fully saturated rings. The van der Waals surface area contributed by atoms with Crippen molar-refractivity contribution in [1.29, 1.82) is 0 Å². The van der Waals surface area contributed by atoms with Crippen LogP contribution in [0.4, 0.5) is 5.69 Å². The second-order valence-corrected chi connectivity index (χ2v) is 4.88. The van der Waals surface area contributed by atoms with Gasteiger partial charge >= 0.3 is 0 Å². The van der Waals surface area contributed by atoms with E-state index in [1.165, 1.54) is 0 Å². The Balaban J connectivity index is 2.08. The third-order valence-corrected chi connectivity index (χ3v) is 3.55. The highest BCUT2D eigenvalue weighted by Crippen LogP contribution is 2.37. The SMILES string of the molecule is NC(=O)c1cccc(C2C(=O)Nc3cc(C=O)ccc32)c1. The molecule has 1 aliphatic heterocycles. The molecule has 21 heavy (non-hydrogen) atoms. The number of carbonyl (C=O) groups excluding carboxylic acids is 3. The molecular weight excluding hydrogens is 268 g/mol. The molecule has 0 spiro atoms. The average Bonchev–Trinajstić information content (AvgIpc) is 2.82. The van der Waals surface area contributed by atoms with Gasteiger partial charge in [0.25, 0.3) is 0 Å². The van der Waals surface area contributed by atoms with Crippen molar-refractivity contribution < 1.29 is 14.4 Å². The molecule has 1 atom stereocenters. The van der Waals surface area contributed by atoms with E-state index in [1.807, 2.05) is 0 Å². The number of rotatable bonds is 3. The lowest BCUT2D eigenvalue weighted by atomic mass is 9.91. The number of fused-ring (bicyclic) bond motifs is 1. The first-order chi connectivity index (χ1) is 10.1. The highest BCUT2D eigenvalue weighted by atomic mass is 16.2. The minimum absolute atomic E-state index is 0.185. The van der Waals surface area contributed by atoms with E-state index < -0.39 is 11.8 Å². The maximum absolute atomic E-state index is 12.2. The summed E-state index contributed by atoms with van der Waals surface area (Å²) < 4.78 is 0. The van der Waals surface area contributed by atoms with E-state index in [1.54, 1.807) is 42.5 Å². The predicted molar refractivity (Wildman–Crippen MR) is 77.3 cm³/mol. The highest BCUT2D eigenvalue weighted by molar-refractivity contribution is 6.06. The quantitative estimate of drug-likeness (QED) is 0.838. The van der Waals surface area contributed by atoms with Crippen molar-refractivity contribution in [1.82, 2.24) is 0 Å². The van der Waals surface area contributed by atoms with Crippen LogP contribution >= 0.6 is 0 Å². The van der Waals surface area contributed by atoms with Gasteiger partial charge in [0.05, 0.1) is 5.92 Å². The summed E-state index contributed by atoms with van der Waals surface area (Å²) in [4.78, 5) is 34.3. The van der Waals surface area contributed by atoms with Gasteiger partial charge in [0.2, 0.25) is 11.8 Å². The number of benzene rings is 2. The van der Waals surface area contributed by atoms with Gasteiger partial charge in [0, 0.05) is 16.8 Å². The molecule has 1 aliphatic rings. The van der Waals surface area contributed by atoms with E-state index >= 15 is 0 Å². The van der Waals surface area contributed by atoms with Crippen LogP contribution in [-0.2, 0) is 4.79 Å². The van der Waals surface area contributed by atoms with Crippen LogP contribution in [0, 0.1) is 0 Å². The summed E-state index contributed by atoms with van der Waals surface area (Å²) in [6.45, 7) is 0. The van der Waals surface area contributed by atoms with Crippen LogP contribution in [0.2, 0.25) is 0 Å². The number of amides is 2. The van der Waals surface area contributed by atoms with Crippen LogP contribution in [0.5, 0.6) is 0 Å². The zero-order valence-electron chi connectivity index (χ0n) is 11.0. The number of nitrogens with two attached hydrogens (primary N) is 1. The maximum Gasteiger partial charge on any atom is 0.248 e. The fourth-order valence-electron chi connectivity index (χ4n) is 2.56. The van der Waals surface area contributed by atoms with Gasteiger partial charge in [-0.2, -0.15) is 0 Å². The Morgan fingerprint density at radius 2 is 2.00 bits per heavy atom. The number of hydrogen-bond donors (Lipinski definition) is 2. The summed E-state index contributed by atoms with van der Waals surface area (Å²) in [5, 5.41) is 2.76. The summed E-state index contributed by atoms with van der Waals surface area (Å²) in [7, 11) is 0. The van der Waals surface area contributed by atoms with Gasteiger partial charge in [-0.15, -0.1) is 0 Å². The van der Waals surface area contributed by atoms with Gasteiger partial charge < -0.3 is 11.1 Å². The average molecular weight is 280 g/mol. The number of hydrogen-bond acceptors (Lipinski definition) is 3. The van der Waals surface area contributed by atoms with Crippen molar-refractivity contribution in [3.63, 3.8) is 0 Å². The lowest BCUT2D eigenvalue weighted by Crippen LogP contribution is -2.15. The zero-order valence-corrected chi connectivity index (χ0v) is 11.0. The Kier molecular flexibility index (Phi) is 3.02. The van der Waals surface area contributed by atoms with E-state index in [0.29, 0.717) is 22.4 Å². The van der Waals surface area contributed by atoms with Crippen molar-refractivity contribution in [3.05, 3.63) is 64.7 Å². The Morgan fingerprint density at radius 1 is 1.19 bits per heavy atom. The summed E-state index contributed by atoms with van der Waals surface area (Å²) in [6.07, 6.45) is 0.730. The van der Waals surface area contributed by atoms with Gasteiger partial charge in [0.1, 0.15) is 6.29 Å². The first kappa shape index (κ1) is 13.1. The summed E-state index contributed by atoms with van der Waals surface area (Å²) >= 11 is 0. The van der Waals surface area contributed by atoms with E-state index in [2.05, 4.69) is 5.32 Å². The molecule has 0 aliphatic carbocycles. The molecule has 3 rings (SSSR count). The minimum Gasteiger partial charge on any atom is -0.366 e. The molecule has 0 saturated carbocycles. The molecule has 0 bridgehead atoms. The van der Waals surface area contributed by atoms with Crippen molar-refractivity contribution in [2.45, 2.75) is 5.92 Å². The fourth-order valence-corrected chi connectivity index (χ4v) is 2.56. The second-order valence-electron chi connectivity index (χ2n) is 4.88. The lowest BCUT2D eigenvalue weighted by molar-refractivity contribution is -0.116. The van der Waals surface area contributed by atoms with Gasteiger partial charge in [0.15, 0.2) is 0 Å². The van der Waals surface area contributed by atoms with Crippen LogP contribution in [0.3, 0.4) is 0 Å². The standard InChI is InChI=1S/C16H12N2O3/c17-15(20)11-3-1-2-10(7-11)14-12-5-4-9(8-19)6-13(12)18-16(14)21/h1-8,14H,(H2,17,20)(H,18,21). The molecule has 2 aromatic carbocycles. The largest absolute Gasteiger partial charge is 0.366 e. The lowest BCUT2D eigenvalue weighted by Gasteiger charge is -2.10. The van der Waals surface area contributed by atoms with Crippen molar-refractivity contribution in [3.8, 4) is 0 Å². The van der Waals surface area contributed by atoms with E-state index in [-0.39, 0.29) is 5.91 Å². The monoisotopic (exact) mass is 280 g/mol. The maximum atomic E-state index is 12.2. The highest BCUT2D eigenvalue weighted by Gasteiger charge is 2.32. The van der Waals surface area contributed by atoms with Gasteiger partial charge in [-0.25, -0.2) is 0 Å². The number of anilines is 1. The molecular formula is C16H12N2O3. The molecule has 1 heterocycles. The predicted octanol–water partition coefficient (Wildman–Crippen LogP) is 1.68. The fraction of sp³-hybridized carbons (Fsp3) is 0.0625. The number of aldehydes is 1. The number of nitrogens with one attached hydrogen (secondary N) is 1. The first-order valence-electron chi connectivity index (χ1n) is 6.40. The smallest absolute Gasteiger partial charge is 0.248 e. The zero-order chi connectivity index (χ0) is 15.0. The van der Waals surface area contributed by atoms with Crippen LogP contribution in [0.1, 0.15) is 37.8 Å². The normalized spacial score (nSPS) is 16.2. The second kappa shape index (κ2) is 4.86. The Labute approximate surface area is 120 Å². The Bertz CT molecular complexity index is 768. The van der Waals surface area contributed by atoms with Crippen LogP contribution < -0.4 is 11.1 Å². The number of carbonyl (C=O) groups is 3. The third kappa shape index (κ3) is 2.18. The first-order valence-corrected chi connectivity index (χ1v) is 6.40. The molecule has 0 saturated heterocycles. The molecule has 3 N–H and O–H groups in total. The van der Waals surface area contributed by atoms with Crippen molar-refractivity contribution in [2.24, 2.45) is 5.73 Å². The molecule has 5 heteroatoms. The molecule has 2 amide bonds. The molecule has 0 radical (unpaired) electrons. The van der Waals surface area contributed by atoms with Gasteiger partial charge in [-0.3, -0.25) is 14.4 Å². The van der Waals surface area contributed by atoms with Gasteiger partial charge in [-0.1, -0.05) is 24.3 Å². The van der Waals surface area contributed by atoms with Crippen molar-refractivity contribution >= 4 is 23.8 Å². The Hall–Kier alpha value is -2.95. The van der Waals surface area contributed by atoms with E-state index in [0.717, 1.165) is 11.8 Å². The molecule has 0 aromatic heterocycles. The summed E-state index contributed by atoms with van der Waals surface area (Å²) in [5.41, 5.74) is 8.23. The summed E-state index contributed by atoms with van der Waals surface area (Å²) in [6, 6.07) is 11.7. The third-order valence-electron chi connectivity index (χ3n) is 3.55. The van der Waals surface area contributed by atoms with E-state index in [9.17, 15) is 14.4 Å². The van der Waals surface area contributed by atoms with Crippen LogP contribution in [0.25, 0.3) is 0 Å². The molecule has 1 unspecified atom stereocenters. The van der Waals surface area contributed by atoms with E-state index in [4.69, 9.17) is 5.73 Å². The van der Waals surface area contributed by atoms with Crippen LogP contribution in [0.15, 0.2) is 42.5 Å². The van der Waals surface area contributed by atoms with Crippen molar-refractivity contribution in [2.75, 3.05) is 5.32 Å². The minimum atomic E-state index is -0.535. The van der Waals surface area contributed by atoms with Gasteiger partial charge in [-0.05, 0) is 29.3 Å². The van der Waals surface area contributed by atoms with Crippen LogP contribution in [-0.4, -0.2) is 18.1 Å². The molecule has 104 valence electrons.